The third-order valence-corrected chi connectivity index (χ3v) is 4.11. The van der Waals surface area contributed by atoms with Crippen LogP contribution >= 0.6 is 11.6 Å². The molecule has 1 fully saturated rings. The largest absolute Gasteiger partial charge is 0.369 e. The van der Waals surface area contributed by atoms with Gasteiger partial charge in [-0.05, 0) is 43.5 Å². The molecule has 4 nitrogen and oxygen atoms in total. The summed E-state index contributed by atoms with van der Waals surface area (Å²) in [7, 11) is 0. The highest BCUT2D eigenvalue weighted by atomic mass is 35.5. The quantitative estimate of drug-likeness (QED) is 0.872. The van der Waals surface area contributed by atoms with E-state index in [1.165, 1.54) is 6.08 Å². The monoisotopic (exact) mass is 306 g/mol. The fraction of sp³-hybridized carbons (Fsp3) is 0.375. The molecular weight excluding hydrogens is 288 g/mol. The Kier molecular flexibility index (Phi) is 5.02. The summed E-state index contributed by atoms with van der Waals surface area (Å²) in [5.74, 6) is -0.668. The summed E-state index contributed by atoms with van der Waals surface area (Å²) in [4.78, 5) is 25.3. The molecule has 2 amide bonds. The van der Waals surface area contributed by atoms with Gasteiger partial charge < -0.3 is 10.6 Å². The Hall–Kier alpha value is -1.81. The van der Waals surface area contributed by atoms with Gasteiger partial charge in [0.2, 0.25) is 11.8 Å². The van der Waals surface area contributed by atoms with E-state index in [0.29, 0.717) is 11.6 Å². The molecule has 2 rings (SSSR count). The van der Waals surface area contributed by atoms with Gasteiger partial charge in [0.15, 0.2) is 0 Å². The zero-order chi connectivity index (χ0) is 15.4. The highest BCUT2D eigenvalue weighted by Crippen LogP contribution is 2.22. The minimum Gasteiger partial charge on any atom is -0.369 e. The van der Waals surface area contributed by atoms with Gasteiger partial charge in [0.05, 0.1) is 5.92 Å². The van der Waals surface area contributed by atoms with E-state index in [1.807, 2.05) is 19.1 Å². The molecule has 1 aliphatic heterocycles. The van der Waals surface area contributed by atoms with E-state index in [1.54, 1.807) is 23.1 Å². The molecule has 21 heavy (non-hydrogen) atoms. The summed E-state index contributed by atoms with van der Waals surface area (Å²) in [6.45, 7) is 2.39. The summed E-state index contributed by atoms with van der Waals surface area (Å²) in [5, 5.41) is 0.660. The highest BCUT2D eigenvalue weighted by molar-refractivity contribution is 6.30. The van der Waals surface area contributed by atoms with E-state index in [0.717, 1.165) is 18.4 Å². The predicted molar refractivity (Wildman–Crippen MR) is 83.6 cm³/mol. The predicted octanol–water partition coefficient (Wildman–Crippen LogP) is 2.47. The molecule has 0 bridgehead atoms. The second kappa shape index (κ2) is 6.76. The Morgan fingerprint density at radius 3 is 2.57 bits per heavy atom. The molecule has 112 valence electrons. The van der Waals surface area contributed by atoms with Crippen LogP contribution in [0.3, 0.4) is 0 Å². The number of rotatable bonds is 3. The number of carbonyl (C=O) groups is 2. The number of hydrogen-bond acceptors (Lipinski definition) is 2. The average molecular weight is 307 g/mol. The van der Waals surface area contributed by atoms with Gasteiger partial charge in [-0.15, -0.1) is 0 Å². The lowest BCUT2D eigenvalue weighted by molar-refractivity contribution is -0.133. The van der Waals surface area contributed by atoms with Crippen molar-refractivity contribution >= 4 is 29.5 Å². The normalized spacial score (nSPS) is 22.5. The van der Waals surface area contributed by atoms with E-state index >= 15 is 0 Å². The number of amides is 2. The maximum Gasteiger partial charge on any atom is 0.246 e. The number of benzene rings is 1. The number of hydrogen-bond donors (Lipinski definition) is 1. The first-order chi connectivity index (χ1) is 9.97. The summed E-state index contributed by atoms with van der Waals surface area (Å²) < 4.78 is 0. The minimum absolute atomic E-state index is 0.0941. The van der Waals surface area contributed by atoms with E-state index in [9.17, 15) is 9.59 Å². The number of nitrogens with zero attached hydrogens (tertiary/aromatic N) is 1. The smallest absolute Gasteiger partial charge is 0.246 e. The third kappa shape index (κ3) is 4.08. The van der Waals surface area contributed by atoms with Crippen LogP contribution < -0.4 is 5.73 Å². The van der Waals surface area contributed by atoms with Crippen molar-refractivity contribution in [3.63, 3.8) is 0 Å². The van der Waals surface area contributed by atoms with Crippen LogP contribution in [0.4, 0.5) is 0 Å². The van der Waals surface area contributed by atoms with Crippen LogP contribution in [-0.4, -0.2) is 29.3 Å². The zero-order valence-corrected chi connectivity index (χ0v) is 12.7. The number of halogens is 1. The first kappa shape index (κ1) is 15.6. The lowest BCUT2D eigenvalue weighted by Crippen LogP contribution is -2.48. The Bertz CT molecular complexity index is 554. The molecule has 0 radical (unpaired) electrons. The molecule has 2 N–H and O–H groups in total. The maximum absolute atomic E-state index is 12.3. The van der Waals surface area contributed by atoms with Crippen LogP contribution in [0, 0.1) is 5.92 Å². The number of carbonyl (C=O) groups excluding carboxylic acids is 2. The number of primary amides is 1. The second-order valence-electron chi connectivity index (χ2n) is 5.40. The topological polar surface area (TPSA) is 63.4 Å². The summed E-state index contributed by atoms with van der Waals surface area (Å²) >= 11 is 5.82. The van der Waals surface area contributed by atoms with Crippen LogP contribution in [0.25, 0.3) is 6.08 Å². The number of nitrogens with two attached hydrogens (primary N) is 1. The Morgan fingerprint density at radius 2 is 1.95 bits per heavy atom. The molecule has 0 aromatic heterocycles. The molecule has 0 aliphatic carbocycles. The second-order valence-corrected chi connectivity index (χ2v) is 5.84. The van der Waals surface area contributed by atoms with Gasteiger partial charge in [-0.3, -0.25) is 9.59 Å². The molecule has 5 heteroatoms. The van der Waals surface area contributed by atoms with Crippen molar-refractivity contribution in [2.75, 3.05) is 6.54 Å². The van der Waals surface area contributed by atoms with Gasteiger partial charge in [0.1, 0.15) is 0 Å². The molecule has 0 unspecified atom stereocenters. The van der Waals surface area contributed by atoms with Gasteiger partial charge in [-0.25, -0.2) is 0 Å². The van der Waals surface area contributed by atoms with Crippen molar-refractivity contribution in [2.24, 2.45) is 11.7 Å². The Labute approximate surface area is 129 Å². The first-order valence-corrected chi connectivity index (χ1v) is 7.38. The molecule has 1 aromatic carbocycles. The molecule has 0 saturated carbocycles. The van der Waals surface area contributed by atoms with E-state index < -0.39 is 0 Å². The fourth-order valence-electron chi connectivity index (χ4n) is 2.48. The van der Waals surface area contributed by atoms with Crippen molar-refractivity contribution in [1.82, 2.24) is 4.90 Å². The molecular formula is C16H19ClN2O2. The lowest BCUT2D eigenvalue weighted by Gasteiger charge is -2.36. The van der Waals surface area contributed by atoms with Crippen molar-refractivity contribution in [1.29, 1.82) is 0 Å². The van der Waals surface area contributed by atoms with Gasteiger partial charge in [-0.1, -0.05) is 23.7 Å². The molecule has 1 aliphatic rings. The SMILES string of the molecule is C[C@@H]1CC[C@@H](C(N)=O)CN1C(=O)/C=C/c1ccc(Cl)cc1. The lowest BCUT2D eigenvalue weighted by atomic mass is 9.93. The Morgan fingerprint density at radius 1 is 1.29 bits per heavy atom. The van der Waals surface area contributed by atoms with Crippen molar-refractivity contribution in [3.8, 4) is 0 Å². The number of piperidine rings is 1. The van der Waals surface area contributed by atoms with Crippen LogP contribution in [-0.2, 0) is 9.59 Å². The van der Waals surface area contributed by atoms with Crippen LogP contribution in [0.2, 0.25) is 5.02 Å². The molecule has 1 aromatic rings. The summed E-state index contributed by atoms with van der Waals surface area (Å²) in [6, 6.07) is 7.37. The maximum atomic E-state index is 12.3. The average Bonchev–Trinajstić information content (AvgIpc) is 2.46. The van der Waals surface area contributed by atoms with Crippen molar-refractivity contribution in [2.45, 2.75) is 25.8 Å². The first-order valence-electron chi connectivity index (χ1n) is 7.01. The van der Waals surface area contributed by atoms with Crippen LogP contribution in [0.5, 0.6) is 0 Å². The molecule has 1 heterocycles. The van der Waals surface area contributed by atoms with Crippen molar-refractivity contribution < 1.29 is 9.59 Å². The molecule has 2 atom stereocenters. The van der Waals surface area contributed by atoms with E-state index in [2.05, 4.69) is 0 Å². The summed E-state index contributed by atoms with van der Waals surface area (Å²) in [6.07, 6.45) is 4.83. The minimum atomic E-state index is -0.332. The standard InChI is InChI=1S/C16H19ClN2O2/c1-11-2-6-13(16(18)21)10-19(11)15(20)9-5-12-3-7-14(17)8-4-12/h3-5,7-9,11,13H,2,6,10H2,1H3,(H2,18,21)/b9-5+/t11-,13-/m1/s1. The van der Waals surface area contributed by atoms with Gasteiger partial charge in [-0.2, -0.15) is 0 Å². The Balaban J connectivity index is 2.04. The van der Waals surface area contributed by atoms with Crippen molar-refractivity contribution in [3.05, 3.63) is 40.9 Å². The van der Waals surface area contributed by atoms with E-state index in [4.69, 9.17) is 17.3 Å². The summed E-state index contributed by atoms with van der Waals surface area (Å²) in [5.41, 5.74) is 6.25. The van der Waals surface area contributed by atoms with Crippen LogP contribution in [0.1, 0.15) is 25.3 Å². The number of likely N-dealkylation sites (tertiary alicyclic amines) is 1. The molecule has 0 spiro atoms. The molecule has 1 saturated heterocycles. The van der Waals surface area contributed by atoms with Gasteiger partial charge in [0.25, 0.3) is 0 Å². The van der Waals surface area contributed by atoms with Gasteiger partial charge in [0, 0.05) is 23.7 Å². The fourth-order valence-corrected chi connectivity index (χ4v) is 2.61. The van der Waals surface area contributed by atoms with Crippen LogP contribution in [0.15, 0.2) is 30.3 Å². The zero-order valence-electron chi connectivity index (χ0n) is 12.0. The highest BCUT2D eigenvalue weighted by Gasteiger charge is 2.30. The van der Waals surface area contributed by atoms with Gasteiger partial charge >= 0.3 is 0 Å². The van der Waals surface area contributed by atoms with E-state index in [-0.39, 0.29) is 23.8 Å². The third-order valence-electron chi connectivity index (χ3n) is 3.86.